The Morgan fingerprint density at radius 2 is 1.80 bits per heavy atom. The number of carbonyl (C=O) groups is 1. The number of amides is 1. The summed E-state index contributed by atoms with van der Waals surface area (Å²) in [6, 6.07) is 8.57. The molecule has 3 aliphatic rings. The molecule has 2 saturated carbocycles. The molecule has 5 nitrogen and oxygen atoms in total. The highest BCUT2D eigenvalue weighted by Gasteiger charge is 2.40. The van der Waals surface area contributed by atoms with Gasteiger partial charge in [-0.1, -0.05) is 18.6 Å². The van der Waals surface area contributed by atoms with Crippen LogP contribution in [0, 0.1) is 11.8 Å². The van der Waals surface area contributed by atoms with Crippen LogP contribution in [0.2, 0.25) is 0 Å². The lowest BCUT2D eigenvalue weighted by Gasteiger charge is -2.45. The van der Waals surface area contributed by atoms with E-state index < -0.39 is 0 Å². The Kier molecular flexibility index (Phi) is 4.95. The predicted octanol–water partition coefficient (Wildman–Crippen LogP) is 2.16. The van der Waals surface area contributed by atoms with Gasteiger partial charge < -0.3 is 20.7 Å². The Morgan fingerprint density at radius 1 is 1.12 bits per heavy atom. The van der Waals surface area contributed by atoms with Crippen LogP contribution in [-0.4, -0.2) is 44.3 Å². The van der Waals surface area contributed by atoms with Gasteiger partial charge >= 0.3 is 0 Å². The van der Waals surface area contributed by atoms with Crippen molar-refractivity contribution in [2.75, 3.05) is 31.2 Å². The molecule has 0 radical (unpaired) electrons. The topological polar surface area (TPSA) is 67.6 Å². The van der Waals surface area contributed by atoms with E-state index in [1.807, 2.05) is 18.2 Å². The highest BCUT2D eigenvalue weighted by molar-refractivity contribution is 6.00. The number of nitrogens with zero attached hydrogens (tertiary/aromatic N) is 1. The van der Waals surface area contributed by atoms with Gasteiger partial charge in [-0.25, -0.2) is 0 Å². The molecule has 0 aromatic heterocycles. The Hall–Kier alpha value is -1.59. The summed E-state index contributed by atoms with van der Waals surface area (Å²) in [6.07, 6.45) is 5.76. The normalized spacial score (nSPS) is 32.3. The lowest BCUT2D eigenvalue weighted by molar-refractivity contribution is 0.0755. The molecule has 2 atom stereocenters. The first kappa shape index (κ1) is 16.9. The van der Waals surface area contributed by atoms with E-state index in [9.17, 15) is 4.79 Å². The third-order valence-corrected chi connectivity index (χ3v) is 6.17. The fourth-order valence-corrected chi connectivity index (χ4v) is 5.00. The van der Waals surface area contributed by atoms with E-state index >= 15 is 0 Å². The number of nitrogens with two attached hydrogens (primary N) is 1. The van der Waals surface area contributed by atoms with Crippen molar-refractivity contribution in [3.63, 3.8) is 0 Å². The van der Waals surface area contributed by atoms with Crippen LogP contribution < -0.4 is 16.0 Å². The molecular formula is C20H29N3O2. The van der Waals surface area contributed by atoms with Crippen LogP contribution in [0.3, 0.4) is 0 Å². The smallest absolute Gasteiger partial charge is 0.253 e. The zero-order valence-corrected chi connectivity index (χ0v) is 14.8. The van der Waals surface area contributed by atoms with Crippen LogP contribution in [0.4, 0.5) is 5.69 Å². The lowest BCUT2D eigenvalue weighted by Crippen LogP contribution is -2.53. The second kappa shape index (κ2) is 7.34. The first-order valence-corrected chi connectivity index (χ1v) is 9.70. The third kappa shape index (κ3) is 3.53. The average Bonchev–Trinajstić information content (AvgIpc) is 2.63. The van der Waals surface area contributed by atoms with Crippen molar-refractivity contribution in [2.45, 2.75) is 44.2 Å². The molecule has 1 aromatic carbocycles. The first-order valence-electron chi connectivity index (χ1n) is 9.70. The Morgan fingerprint density at radius 3 is 2.52 bits per heavy atom. The molecule has 1 amide bonds. The zero-order chi connectivity index (χ0) is 17.2. The average molecular weight is 343 g/mol. The van der Waals surface area contributed by atoms with Crippen molar-refractivity contribution in [3.05, 3.63) is 29.8 Å². The molecule has 1 heterocycles. The van der Waals surface area contributed by atoms with Crippen LogP contribution in [0.25, 0.3) is 0 Å². The van der Waals surface area contributed by atoms with Gasteiger partial charge in [0.2, 0.25) is 0 Å². The van der Waals surface area contributed by atoms with E-state index in [2.05, 4.69) is 16.3 Å². The number of carbonyl (C=O) groups excluding carboxylic acids is 1. The van der Waals surface area contributed by atoms with Crippen molar-refractivity contribution in [1.82, 2.24) is 5.32 Å². The lowest BCUT2D eigenvalue weighted by atomic mass is 9.67. The van der Waals surface area contributed by atoms with Gasteiger partial charge in [0.1, 0.15) is 0 Å². The van der Waals surface area contributed by atoms with E-state index in [4.69, 9.17) is 10.5 Å². The standard InChI is InChI=1S/C20H29N3O2/c21-16-12-14-4-3-5-15(13-16)19(14)22-20(24)17-6-1-2-7-18(17)23-8-10-25-11-9-23/h1-2,6-7,14-16,19H,3-5,8-13,21H2,(H,22,24). The van der Waals surface area contributed by atoms with E-state index in [0.29, 0.717) is 23.9 Å². The number of ether oxygens (including phenoxy) is 1. The molecule has 1 saturated heterocycles. The van der Waals surface area contributed by atoms with Gasteiger partial charge in [0.25, 0.3) is 5.91 Å². The Balaban J connectivity index is 1.51. The van der Waals surface area contributed by atoms with Crippen LogP contribution >= 0.6 is 0 Å². The van der Waals surface area contributed by atoms with Gasteiger partial charge in [-0.15, -0.1) is 0 Å². The van der Waals surface area contributed by atoms with Crippen molar-refractivity contribution in [1.29, 1.82) is 0 Å². The van der Waals surface area contributed by atoms with Crippen molar-refractivity contribution in [2.24, 2.45) is 17.6 Å². The molecule has 3 fully saturated rings. The van der Waals surface area contributed by atoms with Crippen molar-refractivity contribution < 1.29 is 9.53 Å². The number of benzene rings is 1. The highest BCUT2D eigenvalue weighted by Crippen LogP contribution is 2.40. The van der Waals surface area contributed by atoms with Crippen LogP contribution in [0.15, 0.2) is 24.3 Å². The fraction of sp³-hybridized carbons (Fsp3) is 0.650. The summed E-state index contributed by atoms with van der Waals surface area (Å²) in [6.45, 7) is 3.13. The molecule has 2 bridgehead atoms. The van der Waals surface area contributed by atoms with E-state index in [1.165, 1.54) is 19.3 Å². The summed E-state index contributed by atoms with van der Waals surface area (Å²) >= 11 is 0. The van der Waals surface area contributed by atoms with Crippen LogP contribution in [-0.2, 0) is 4.74 Å². The first-order chi connectivity index (χ1) is 12.2. The minimum atomic E-state index is 0.0689. The number of anilines is 1. The maximum Gasteiger partial charge on any atom is 0.253 e. The SMILES string of the molecule is NC1CC2CCCC(C1)C2NC(=O)c1ccccc1N1CCOCC1. The maximum atomic E-state index is 13.1. The Labute approximate surface area is 149 Å². The van der Waals surface area contributed by atoms with E-state index in [0.717, 1.165) is 50.4 Å². The molecule has 1 aromatic rings. The minimum absolute atomic E-state index is 0.0689. The second-order valence-electron chi connectivity index (χ2n) is 7.80. The van der Waals surface area contributed by atoms with E-state index in [1.54, 1.807) is 0 Å². The number of hydrogen-bond acceptors (Lipinski definition) is 4. The summed E-state index contributed by atoms with van der Waals surface area (Å²) in [5.74, 6) is 1.16. The number of para-hydroxylation sites is 1. The molecule has 5 heteroatoms. The van der Waals surface area contributed by atoms with Gasteiger partial charge in [0, 0.05) is 30.9 Å². The number of rotatable bonds is 3. The maximum absolute atomic E-state index is 13.1. The predicted molar refractivity (Wildman–Crippen MR) is 98.8 cm³/mol. The fourth-order valence-electron chi connectivity index (χ4n) is 5.00. The van der Waals surface area contributed by atoms with E-state index in [-0.39, 0.29) is 5.91 Å². The monoisotopic (exact) mass is 343 g/mol. The highest BCUT2D eigenvalue weighted by atomic mass is 16.5. The molecule has 1 aliphatic heterocycles. The Bertz CT molecular complexity index is 601. The number of hydrogen-bond donors (Lipinski definition) is 2. The minimum Gasteiger partial charge on any atom is -0.378 e. The molecule has 3 N–H and O–H groups in total. The molecule has 2 aliphatic carbocycles. The van der Waals surface area contributed by atoms with Crippen molar-refractivity contribution in [3.8, 4) is 0 Å². The summed E-state index contributed by atoms with van der Waals surface area (Å²) in [5, 5.41) is 3.38. The van der Waals surface area contributed by atoms with Gasteiger partial charge in [0.15, 0.2) is 0 Å². The van der Waals surface area contributed by atoms with Gasteiger partial charge in [-0.2, -0.15) is 0 Å². The molecular weight excluding hydrogens is 314 g/mol. The summed E-state index contributed by atoms with van der Waals surface area (Å²) in [4.78, 5) is 15.3. The van der Waals surface area contributed by atoms with Crippen LogP contribution in [0.5, 0.6) is 0 Å². The summed E-state index contributed by atoms with van der Waals surface area (Å²) in [5.41, 5.74) is 8.04. The molecule has 4 rings (SSSR count). The largest absolute Gasteiger partial charge is 0.378 e. The third-order valence-electron chi connectivity index (χ3n) is 6.17. The van der Waals surface area contributed by atoms with Crippen LogP contribution in [0.1, 0.15) is 42.5 Å². The number of morpholine rings is 1. The number of fused-ring (bicyclic) bond motifs is 2. The molecule has 0 spiro atoms. The van der Waals surface area contributed by atoms with Gasteiger partial charge in [0.05, 0.1) is 18.8 Å². The van der Waals surface area contributed by atoms with Gasteiger partial charge in [-0.05, 0) is 49.7 Å². The molecule has 25 heavy (non-hydrogen) atoms. The van der Waals surface area contributed by atoms with Gasteiger partial charge in [-0.3, -0.25) is 4.79 Å². The molecule has 2 unspecified atom stereocenters. The molecule has 136 valence electrons. The second-order valence-corrected chi connectivity index (χ2v) is 7.80. The summed E-state index contributed by atoms with van der Waals surface area (Å²) < 4.78 is 5.45. The zero-order valence-electron chi connectivity index (χ0n) is 14.8. The number of nitrogens with one attached hydrogen (secondary N) is 1. The summed E-state index contributed by atoms with van der Waals surface area (Å²) in [7, 11) is 0. The quantitative estimate of drug-likeness (QED) is 0.882. The van der Waals surface area contributed by atoms with Crippen molar-refractivity contribution >= 4 is 11.6 Å².